The Labute approximate surface area is 78.7 Å². The molecule has 0 amide bonds. The molecule has 1 aromatic heterocycles. The fraction of sp³-hybridized carbons (Fsp3) is 0.500. The topological polar surface area (TPSA) is 65.9 Å². The summed E-state index contributed by atoms with van der Waals surface area (Å²) in [5.74, 6) is 0.439. The lowest BCUT2D eigenvalue weighted by Crippen LogP contribution is -2.40. The molecule has 2 rings (SSSR count). The summed E-state index contributed by atoms with van der Waals surface area (Å²) in [5.41, 5.74) is 0. The first kappa shape index (κ1) is 8.77. The molecule has 1 aliphatic carbocycles. The summed E-state index contributed by atoms with van der Waals surface area (Å²) in [6, 6.07) is 1.68. The number of rotatable bonds is 2. The van der Waals surface area contributed by atoms with E-state index in [0.29, 0.717) is 18.7 Å². The predicted octanol–water partition coefficient (Wildman–Crippen LogP) is 0.735. The van der Waals surface area contributed by atoms with E-state index in [1.54, 1.807) is 18.5 Å². The Kier molecular flexibility index (Phi) is 2.13. The fourth-order valence-corrected chi connectivity index (χ4v) is 2.37. The molecule has 13 heavy (non-hydrogen) atoms. The fourth-order valence-electron chi connectivity index (χ4n) is 1.50. The van der Waals surface area contributed by atoms with Gasteiger partial charge in [0.15, 0.2) is 0 Å². The van der Waals surface area contributed by atoms with E-state index in [0.717, 1.165) is 6.42 Å². The molecule has 0 radical (unpaired) electrons. The van der Waals surface area contributed by atoms with Crippen LogP contribution in [0.25, 0.3) is 0 Å². The van der Waals surface area contributed by atoms with E-state index in [4.69, 9.17) is 0 Å². The Balaban J connectivity index is 2.38. The van der Waals surface area contributed by atoms with Gasteiger partial charge < -0.3 is 4.55 Å². The second-order valence-electron chi connectivity index (χ2n) is 3.15. The molecule has 1 fully saturated rings. The molecular formula is C8H9N2O2S-. The molecule has 1 atom stereocenters. The van der Waals surface area contributed by atoms with Gasteiger partial charge in [-0.1, -0.05) is 0 Å². The average molecular weight is 197 g/mol. The van der Waals surface area contributed by atoms with Crippen LogP contribution in [0.4, 0.5) is 0 Å². The van der Waals surface area contributed by atoms with Crippen LogP contribution in [0.15, 0.2) is 18.5 Å². The smallest absolute Gasteiger partial charge is 0.145 e. The normalized spacial score (nSPS) is 21.9. The molecule has 4 nitrogen and oxygen atoms in total. The van der Waals surface area contributed by atoms with E-state index in [1.165, 1.54) is 0 Å². The lowest BCUT2D eigenvalue weighted by Gasteiger charge is -2.41. The van der Waals surface area contributed by atoms with E-state index < -0.39 is 15.8 Å². The molecule has 1 unspecified atom stereocenters. The highest BCUT2D eigenvalue weighted by atomic mass is 32.2. The highest BCUT2D eigenvalue weighted by Gasteiger charge is 2.42. The predicted molar refractivity (Wildman–Crippen MR) is 46.5 cm³/mol. The van der Waals surface area contributed by atoms with Crippen molar-refractivity contribution in [3.05, 3.63) is 24.3 Å². The van der Waals surface area contributed by atoms with Crippen molar-refractivity contribution in [2.24, 2.45) is 0 Å². The molecule has 0 bridgehead atoms. The molecule has 1 aliphatic rings. The Bertz CT molecular complexity index is 324. The lowest BCUT2D eigenvalue weighted by atomic mass is 9.83. The van der Waals surface area contributed by atoms with Gasteiger partial charge in [-0.05, 0) is 36.4 Å². The van der Waals surface area contributed by atoms with E-state index in [9.17, 15) is 8.76 Å². The summed E-state index contributed by atoms with van der Waals surface area (Å²) in [6.45, 7) is 0. The highest BCUT2D eigenvalue weighted by Crippen LogP contribution is 2.43. The van der Waals surface area contributed by atoms with Crippen LogP contribution in [0.5, 0.6) is 0 Å². The molecule has 0 saturated heterocycles. The van der Waals surface area contributed by atoms with Gasteiger partial charge >= 0.3 is 0 Å². The zero-order chi connectivity index (χ0) is 9.31. The molecule has 70 valence electrons. The van der Waals surface area contributed by atoms with E-state index in [-0.39, 0.29) is 0 Å². The van der Waals surface area contributed by atoms with Gasteiger partial charge in [0.2, 0.25) is 0 Å². The van der Waals surface area contributed by atoms with Gasteiger partial charge in [-0.3, -0.25) is 4.21 Å². The molecular weight excluding hydrogens is 188 g/mol. The third-order valence-corrected chi connectivity index (χ3v) is 3.68. The summed E-state index contributed by atoms with van der Waals surface area (Å²) < 4.78 is 21.3. The van der Waals surface area contributed by atoms with E-state index >= 15 is 0 Å². The minimum atomic E-state index is -2.11. The van der Waals surface area contributed by atoms with E-state index in [1.807, 2.05) is 0 Å². The van der Waals surface area contributed by atoms with E-state index in [2.05, 4.69) is 9.97 Å². The minimum absolute atomic E-state index is 0.439. The monoisotopic (exact) mass is 197 g/mol. The second-order valence-corrected chi connectivity index (χ2v) is 4.41. The van der Waals surface area contributed by atoms with Gasteiger partial charge in [-0.15, -0.1) is 0 Å². The third kappa shape index (κ3) is 1.28. The summed E-state index contributed by atoms with van der Waals surface area (Å²) >= 11 is -2.11. The lowest BCUT2D eigenvalue weighted by molar-refractivity contribution is 0.318. The van der Waals surface area contributed by atoms with Crippen molar-refractivity contribution in [1.82, 2.24) is 9.97 Å². The zero-order valence-corrected chi connectivity index (χ0v) is 7.79. The van der Waals surface area contributed by atoms with Crippen LogP contribution in [-0.2, 0) is 15.8 Å². The maximum atomic E-state index is 11.0. The zero-order valence-electron chi connectivity index (χ0n) is 6.97. The van der Waals surface area contributed by atoms with Crippen molar-refractivity contribution in [2.45, 2.75) is 24.0 Å². The maximum Gasteiger partial charge on any atom is 0.145 e. The standard InChI is InChI=1S/C8H10N2O2S/c11-13(12)8(3-1-4-8)7-9-5-2-6-10-7/h2,5-6H,1,3-4H2,(H,11,12)/p-1. The number of aromatic nitrogens is 2. The first-order valence-corrected chi connectivity index (χ1v) is 5.20. The van der Waals surface area contributed by atoms with Crippen molar-refractivity contribution < 1.29 is 8.76 Å². The molecule has 0 spiro atoms. The third-order valence-electron chi connectivity index (χ3n) is 2.45. The Morgan fingerprint density at radius 1 is 1.38 bits per heavy atom. The molecule has 0 aliphatic heterocycles. The van der Waals surface area contributed by atoms with Gasteiger partial charge in [-0.2, -0.15) is 0 Å². The Hall–Kier alpha value is -0.810. The van der Waals surface area contributed by atoms with Crippen LogP contribution in [0.1, 0.15) is 25.1 Å². The Morgan fingerprint density at radius 2 is 2.00 bits per heavy atom. The molecule has 0 aromatic carbocycles. The highest BCUT2D eigenvalue weighted by molar-refractivity contribution is 7.80. The molecule has 1 saturated carbocycles. The van der Waals surface area contributed by atoms with Crippen LogP contribution in [0, 0.1) is 0 Å². The number of nitrogens with zero attached hydrogens (tertiary/aromatic N) is 2. The largest absolute Gasteiger partial charge is 0.772 e. The van der Waals surface area contributed by atoms with Crippen molar-refractivity contribution in [1.29, 1.82) is 0 Å². The van der Waals surface area contributed by atoms with Crippen LogP contribution >= 0.6 is 0 Å². The van der Waals surface area contributed by atoms with Crippen molar-refractivity contribution in [2.75, 3.05) is 0 Å². The van der Waals surface area contributed by atoms with Crippen LogP contribution < -0.4 is 0 Å². The van der Waals surface area contributed by atoms with Crippen LogP contribution in [0.2, 0.25) is 0 Å². The van der Waals surface area contributed by atoms with Gasteiger partial charge in [0, 0.05) is 12.4 Å². The molecule has 1 aromatic rings. The van der Waals surface area contributed by atoms with Crippen molar-refractivity contribution in [3.8, 4) is 0 Å². The first-order chi connectivity index (χ1) is 6.26. The van der Waals surface area contributed by atoms with Crippen molar-refractivity contribution >= 4 is 11.1 Å². The maximum absolute atomic E-state index is 11.0. The molecule has 0 N–H and O–H groups in total. The van der Waals surface area contributed by atoms with Crippen LogP contribution in [-0.4, -0.2) is 18.7 Å². The number of hydrogen-bond acceptors (Lipinski definition) is 4. The minimum Gasteiger partial charge on any atom is -0.772 e. The Morgan fingerprint density at radius 3 is 2.38 bits per heavy atom. The van der Waals surface area contributed by atoms with Crippen LogP contribution in [0.3, 0.4) is 0 Å². The molecule has 1 heterocycles. The second kappa shape index (κ2) is 3.16. The van der Waals surface area contributed by atoms with Crippen molar-refractivity contribution in [3.63, 3.8) is 0 Å². The summed E-state index contributed by atoms with van der Waals surface area (Å²) in [7, 11) is 0. The number of hydrogen-bond donors (Lipinski definition) is 0. The summed E-state index contributed by atoms with van der Waals surface area (Å²) in [5, 5.41) is 0. The van der Waals surface area contributed by atoms with Gasteiger partial charge in [0.1, 0.15) is 5.82 Å². The summed E-state index contributed by atoms with van der Waals surface area (Å²) in [6.07, 6.45) is 5.39. The summed E-state index contributed by atoms with van der Waals surface area (Å²) in [4.78, 5) is 7.98. The SMILES string of the molecule is O=S([O-])C1(c2ncccn2)CCC1. The quantitative estimate of drug-likeness (QED) is 0.656. The van der Waals surface area contributed by atoms with Gasteiger partial charge in [-0.25, -0.2) is 9.97 Å². The first-order valence-electron chi connectivity index (χ1n) is 4.12. The van der Waals surface area contributed by atoms with Gasteiger partial charge in [0.25, 0.3) is 0 Å². The van der Waals surface area contributed by atoms with Gasteiger partial charge in [0.05, 0.1) is 4.75 Å². The molecule has 5 heteroatoms. The average Bonchev–Trinajstić information content (AvgIpc) is 2.03.